The lowest BCUT2D eigenvalue weighted by Gasteiger charge is -2.13. The number of carbonyl (C=O) groups is 2. The number of carbonyl (C=O) groups excluding carboxylic acids is 1. The number of alkyl halides is 1. The minimum atomic E-state index is -1.88. The Hall–Kier alpha value is -1.59. The Kier molecular flexibility index (Phi) is 4.09. The number of halogens is 1. The molecule has 2 unspecified atom stereocenters. The molecular formula is C11H11ClO5. The van der Waals surface area contributed by atoms with E-state index in [1.54, 1.807) is 0 Å². The number of benzene rings is 1. The summed E-state index contributed by atoms with van der Waals surface area (Å²) in [6.45, 7) is 1.40. The maximum Gasteiger partial charge on any atom is 0.337 e. The van der Waals surface area contributed by atoms with E-state index < -0.39 is 29.0 Å². The number of carboxylic acids is 1. The molecule has 0 fully saturated rings. The van der Waals surface area contributed by atoms with Gasteiger partial charge < -0.3 is 15.3 Å². The van der Waals surface area contributed by atoms with Gasteiger partial charge in [-0.05, 0) is 13.0 Å². The van der Waals surface area contributed by atoms with E-state index in [-0.39, 0.29) is 11.1 Å². The second-order valence-corrected chi connectivity index (χ2v) is 4.12. The van der Waals surface area contributed by atoms with Gasteiger partial charge in [-0.15, -0.1) is 11.6 Å². The molecular weight excluding hydrogens is 248 g/mol. The summed E-state index contributed by atoms with van der Waals surface area (Å²) < 4.78 is 0. The number of carboxylic acid groups (broad SMARTS) is 1. The summed E-state index contributed by atoms with van der Waals surface area (Å²) in [5, 5.41) is 26.8. The molecule has 1 aromatic carbocycles. The first-order valence-electron chi connectivity index (χ1n) is 4.77. The zero-order valence-corrected chi connectivity index (χ0v) is 9.68. The van der Waals surface area contributed by atoms with Crippen LogP contribution in [0, 0.1) is 0 Å². The SMILES string of the molecule is CC(Cl)C(=O)c1c(O)cccc1C(O)C(=O)O. The van der Waals surface area contributed by atoms with Gasteiger partial charge in [0.05, 0.1) is 10.9 Å². The monoisotopic (exact) mass is 258 g/mol. The summed E-state index contributed by atoms with van der Waals surface area (Å²) in [5.74, 6) is -2.55. The highest BCUT2D eigenvalue weighted by Crippen LogP contribution is 2.28. The van der Waals surface area contributed by atoms with Crippen molar-refractivity contribution in [3.8, 4) is 5.75 Å². The molecule has 0 bridgehead atoms. The average Bonchev–Trinajstić information content (AvgIpc) is 2.26. The van der Waals surface area contributed by atoms with Crippen molar-refractivity contribution in [2.75, 3.05) is 0 Å². The fourth-order valence-electron chi connectivity index (χ4n) is 1.39. The Morgan fingerprint density at radius 1 is 1.35 bits per heavy atom. The first-order chi connectivity index (χ1) is 7.86. The topological polar surface area (TPSA) is 94.8 Å². The van der Waals surface area contributed by atoms with Crippen molar-refractivity contribution in [2.24, 2.45) is 0 Å². The Morgan fingerprint density at radius 2 is 1.94 bits per heavy atom. The second kappa shape index (κ2) is 5.16. The fraction of sp³-hybridized carbons (Fsp3) is 0.273. The smallest absolute Gasteiger partial charge is 0.337 e. The lowest BCUT2D eigenvalue weighted by molar-refractivity contribution is -0.146. The number of rotatable bonds is 4. The molecule has 0 aliphatic rings. The highest BCUT2D eigenvalue weighted by Gasteiger charge is 2.27. The van der Waals surface area contributed by atoms with Crippen LogP contribution in [0.15, 0.2) is 18.2 Å². The van der Waals surface area contributed by atoms with Gasteiger partial charge in [0.2, 0.25) is 0 Å². The molecule has 1 rings (SSSR count). The van der Waals surface area contributed by atoms with E-state index >= 15 is 0 Å². The van der Waals surface area contributed by atoms with Crippen LogP contribution in [0.3, 0.4) is 0 Å². The van der Waals surface area contributed by atoms with E-state index in [4.69, 9.17) is 16.7 Å². The standard InChI is InChI=1S/C11H11ClO5/c1-5(12)9(14)8-6(10(15)11(16)17)3-2-4-7(8)13/h2-5,10,13,15H,1H3,(H,16,17). The van der Waals surface area contributed by atoms with E-state index in [1.165, 1.54) is 25.1 Å². The third-order valence-corrected chi connectivity index (χ3v) is 2.41. The van der Waals surface area contributed by atoms with E-state index in [1.807, 2.05) is 0 Å². The van der Waals surface area contributed by atoms with Gasteiger partial charge in [-0.3, -0.25) is 4.79 Å². The largest absolute Gasteiger partial charge is 0.507 e. The van der Waals surface area contributed by atoms with Gasteiger partial charge in [0.15, 0.2) is 11.9 Å². The van der Waals surface area contributed by atoms with Crippen molar-refractivity contribution in [1.82, 2.24) is 0 Å². The number of aliphatic hydroxyl groups excluding tert-OH is 1. The quantitative estimate of drug-likeness (QED) is 0.559. The molecule has 0 amide bonds. The van der Waals surface area contributed by atoms with Crippen molar-refractivity contribution >= 4 is 23.4 Å². The second-order valence-electron chi connectivity index (χ2n) is 3.46. The van der Waals surface area contributed by atoms with Crippen LogP contribution in [-0.4, -0.2) is 32.4 Å². The third-order valence-electron chi connectivity index (χ3n) is 2.21. The molecule has 17 heavy (non-hydrogen) atoms. The molecule has 0 saturated heterocycles. The predicted molar refractivity (Wildman–Crippen MR) is 60.3 cm³/mol. The summed E-state index contributed by atoms with van der Waals surface area (Å²) in [6.07, 6.45) is -1.88. The van der Waals surface area contributed by atoms with Gasteiger partial charge in [-0.2, -0.15) is 0 Å². The van der Waals surface area contributed by atoms with Crippen molar-refractivity contribution < 1.29 is 24.9 Å². The highest BCUT2D eigenvalue weighted by molar-refractivity contribution is 6.34. The zero-order valence-electron chi connectivity index (χ0n) is 8.92. The zero-order chi connectivity index (χ0) is 13.2. The lowest BCUT2D eigenvalue weighted by Crippen LogP contribution is -2.18. The molecule has 3 N–H and O–H groups in total. The number of hydrogen-bond acceptors (Lipinski definition) is 4. The Morgan fingerprint density at radius 3 is 2.41 bits per heavy atom. The van der Waals surface area contributed by atoms with Crippen molar-refractivity contribution in [2.45, 2.75) is 18.4 Å². The number of aliphatic hydroxyl groups is 1. The van der Waals surface area contributed by atoms with Crippen LogP contribution in [0.2, 0.25) is 0 Å². The molecule has 0 heterocycles. The van der Waals surface area contributed by atoms with Gasteiger partial charge in [-0.25, -0.2) is 4.79 Å². The van der Waals surface area contributed by atoms with Crippen LogP contribution in [0.5, 0.6) is 5.75 Å². The summed E-state index contributed by atoms with van der Waals surface area (Å²) >= 11 is 5.60. The predicted octanol–water partition coefficient (Wildman–Crippen LogP) is 1.32. The average molecular weight is 259 g/mol. The van der Waals surface area contributed by atoms with Crippen molar-refractivity contribution in [3.05, 3.63) is 29.3 Å². The van der Waals surface area contributed by atoms with E-state index in [0.29, 0.717) is 0 Å². The van der Waals surface area contributed by atoms with E-state index in [9.17, 15) is 19.8 Å². The van der Waals surface area contributed by atoms with Gasteiger partial charge in [-0.1, -0.05) is 12.1 Å². The van der Waals surface area contributed by atoms with Crippen LogP contribution in [0.4, 0.5) is 0 Å². The van der Waals surface area contributed by atoms with Gasteiger partial charge in [0.25, 0.3) is 0 Å². The molecule has 92 valence electrons. The minimum absolute atomic E-state index is 0.171. The number of aliphatic carboxylic acids is 1. The first-order valence-corrected chi connectivity index (χ1v) is 5.21. The van der Waals surface area contributed by atoms with Gasteiger partial charge in [0.1, 0.15) is 5.75 Å². The third kappa shape index (κ3) is 2.75. The number of hydrogen-bond donors (Lipinski definition) is 3. The van der Waals surface area contributed by atoms with Crippen LogP contribution < -0.4 is 0 Å². The molecule has 0 saturated carbocycles. The number of phenols is 1. The number of Topliss-reactive ketones (excluding diaryl/α,β-unsaturated/α-hetero) is 1. The summed E-state index contributed by atoms with van der Waals surface area (Å²) in [4.78, 5) is 22.4. The molecule has 0 aliphatic heterocycles. The molecule has 0 aliphatic carbocycles. The van der Waals surface area contributed by atoms with E-state index in [0.717, 1.165) is 0 Å². The van der Waals surface area contributed by atoms with Gasteiger partial charge >= 0.3 is 5.97 Å². The molecule has 0 radical (unpaired) electrons. The van der Waals surface area contributed by atoms with Crippen molar-refractivity contribution in [1.29, 1.82) is 0 Å². The summed E-state index contributed by atoms with van der Waals surface area (Å²) in [7, 11) is 0. The molecule has 0 spiro atoms. The van der Waals surface area contributed by atoms with Crippen LogP contribution in [0.1, 0.15) is 28.9 Å². The maximum atomic E-state index is 11.7. The minimum Gasteiger partial charge on any atom is -0.507 e. The lowest BCUT2D eigenvalue weighted by atomic mass is 9.97. The Labute approximate surface area is 102 Å². The Balaban J connectivity index is 3.36. The van der Waals surface area contributed by atoms with Gasteiger partial charge in [0, 0.05) is 5.56 Å². The Bertz CT molecular complexity index is 455. The van der Waals surface area contributed by atoms with Crippen LogP contribution in [0.25, 0.3) is 0 Å². The van der Waals surface area contributed by atoms with Crippen molar-refractivity contribution in [3.63, 3.8) is 0 Å². The number of ketones is 1. The number of aromatic hydroxyl groups is 1. The van der Waals surface area contributed by atoms with Crippen LogP contribution in [-0.2, 0) is 4.79 Å². The molecule has 0 aromatic heterocycles. The van der Waals surface area contributed by atoms with Crippen LogP contribution >= 0.6 is 11.6 Å². The summed E-state index contributed by atoms with van der Waals surface area (Å²) in [6, 6.07) is 3.82. The summed E-state index contributed by atoms with van der Waals surface area (Å²) in [5.41, 5.74) is -0.431. The number of phenolic OH excluding ortho intramolecular Hbond substituents is 1. The molecule has 1 aromatic rings. The fourth-order valence-corrected chi connectivity index (χ4v) is 1.49. The highest BCUT2D eigenvalue weighted by atomic mass is 35.5. The normalized spacial score (nSPS) is 14.1. The maximum absolute atomic E-state index is 11.7. The molecule has 6 heteroatoms. The molecule has 5 nitrogen and oxygen atoms in total. The van der Waals surface area contributed by atoms with E-state index in [2.05, 4.69) is 0 Å². The first kappa shape index (κ1) is 13.5. The molecule has 2 atom stereocenters.